The Bertz CT molecular complexity index is 984. The van der Waals surface area contributed by atoms with E-state index in [1.54, 1.807) is 0 Å². The van der Waals surface area contributed by atoms with E-state index in [4.69, 9.17) is 0 Å². The van der Waals surface area contributed by atoms with Crippen LogP contribution in [-0.4, -0.2) is 0 Å². The van der Waals surface area contributed by atoms with Gasteiger partial charge in [0.2, 0.25) is 11.2 Å². The van der Waals surface area contributed by atoms with Crippen LogP contribution in [0.15, 0.2) is 72.9 Å². The monoisotopic (exact) mass is 284 g/mol. The minimum atomic E-state index is -0.000942. The fourth-order valence-electron chi connectivity index (χ4n) is 4.57. The minimum absolute atomic E-state index is 0.000942. The molecule has 1 aliphatic heterocycles. The third-order valence-electron chi connectivity index (χ3n) is 6.17. The van der Waals surface area contributed by atoms with Gasteiger partial charge < -0.3 is 0 Å². The molecule has 1 heteroatoms. The predicted molar refractivity (Wildman–Crippen MR) is 89.7 cm³/mol. The molecule has 2 unspecified atom stereocenters. The second kappa shape index (κ2) is 3.49. The van der Waals surface area contributed by atoms with Crippen LogP contribution in [0.25, 0.3) is 22.0 Å². The molecular weight excluding hydrogens is 266 g/mol. The summed E-state index contributed by atoms with van der Waals surface area (Å²) in [4.78, 5) is 0. The van der Waals surface area contributed by atoms with E-state index in [2.05, 4.69) is 85.8 Å². The first-order valence-corrected chi connectivity index (χ1v) is 7.84. The van der Waals surface area contributed by atoms with Crippen molar-refractivity contribution in [2.75, 3.05) is 0 Å². The Balaban J connectivity index is 2.02. The average molecular weight is 284 g/mol. The van der Waals surface area contributed by atoms with Crippen LogP contribution >= 0.6 is 0 Å². The van der Waals surface area contributed by atoms with Crippen molar-refractivity contribution in [3.8, 4) is 11.3 Å². The van der Waals surface area contributed by atoms with Crippen LogP contribution in [0.5, 0.6) is 0 Å². The Morgan fingerprint density at radius 1 is 0.909 bits per heavy atom. The van der Waals surface area contributed by atoms with Crippen molar-refractivity contribution in [2.24, 2.45) is 0 Å². The first-order chi connectivity index (χ1) is 10.6. The van der Waals surface area contributed by atoms with Crippen molar-refractivity contribution in [2.45, 2.75) is 24.8 Å². The maximum Gasteiger partial charge on any atom is 0.214 e. The smallest absolute Gasteiger partial charge is 0.188 e. The van der Waals surface area contributed by atoms with Crippen LogP contribution in [0.4, 0.5) is 0 Å². The molecule has 106 valence electrons. The van der Waals surface area contributed by atoms with Gasteiger partial charge in [-0.2, -0.15) is 4.57 Å². The lowest BCUT2D eigenvalue weighted by molar-refractivity contribution is -0.727. The van der Waals surface area contributed by atoms with Crippen molar-refractivity contribution < 1.29 is 4.57 Å². The number of hydrogen-bond donors (Lipinski definition) is 0. The summed E-state index contributed by atoms with van der Waals surface area (Å²) in [5.41, 5.74) is 5.44. The molecule has 1 aliphatic carbocycles. The minimum Gasteiger partial charge on any atom is -0.188 e. The van der Waals surface area contributed by atoms with Gasteiger partial charge in [-0.25, -0.2) is 0 Å². The zero-order valence-electron chi connectivity index (χ0n) is 12.9. The summed E-state index contributed by atoms with van der Waals surface area (Å²) in [5, 5.41) is 2.64. The van der Waals surface area contributed by atoms with Crippen LogP contribution in [0, 0.1) is 0 Å². The second-order valence-electron chi connectivity index (χ2n) is 6.84. The van der Waals surface area contributed by atoms with Gasteiger partial charge >= 0.3 is 0 Å². The van der Waals surface area contributed by atoms with E-state index >= 15 is 0 Å². The Hall–Kier alpha value is -2.41. The summed E-state index contributed by atoms with van der Waals surface area (Å²) in [5.74, 6) is 0. The van der Waals surface area contributed by atoms with E-state index in [1.807, 2.05) is 0 Å². The number of pyridine rings is 1. The molecule has 0 bridgehead atoms. The molecule has 0 N–H and O–H groups in total. The number of rotatable bonds is 0. The molecule has 2 aromatic carbocycles. The average Bonchev–Trinajstić information content (AvgIpc) is 3.03. The molecule has 2 atom stereocenters. The summed E-state index contributed by atoms with van der Waals surface area (Å²) in [6.45, 7) is 9.07. The Labute approximate surface area is 130 Å². The van der Waals surface area contributed by atoms with E-state index in [-0.39, 0.29) is 11.0 Å². The largest absolute Gasteiger partial charge is 0.214 e. The molecule has 1 fully saturated rings. The molecule has 1 aromatic heterocycles. The molecule has 1 saturated carbocycles. The van der Waals surface area contributed by atoms with Gasteiger partial charge in [0.25, 0.3) is 0 Å². The van der Waals surface area contributed by atoms with Crippen molar-refractivity contribution >= 4 is 10.8 Å². The predicted octanol–water partition coefficient (Wildman–Crippen LogP) is 4.35. The van der Waals surface area contributed by atoms with Gasteiger partial charge in [0.15, 0.2) is 6.20 Å². The number of nitrogens with zero attached hydrogens (tertiary/aromatic N) is 1. The lowest BCUT2D eigenvalue weighted by atomic mass is 9.81. The normalized spacial score (nSPS) is 28.0. The topological polar surface area (TPSA) is 3.88 Å². The van der Waals surface area contributed by atoms with E-state index in [1.165, 1.54) is 33.2 Å². The summed E-state index contributed by atoms with van der Waals surface area (Å²) in [7, 11) is 0. The van der Waals surface area contributed by atoms with Gasteiger partial charge in [-0.15, -0.1) is 0 Å². The highest BCUT2D eigenvalue weighted by atomic mass is 15.2. The maximum atomic E-state index is 4.41. The van der Waals surface area contributed by atoms with Crippen molar-refractivity contribution in [1.29, 1.82) is 0 Å². The molecule has 0 amide bonds. The van der Waals surface area contributed by atoms with E-state index in [0.717, 1.165) is 0 Å². The SMILES string of the molecule is C=C1C2(C)c3ccc4ccccc4c3-c3cccc[n+]3C12C. The zero-order valence-corrected chi connectivity index (χ0v) is 12.9. The molecule has 0 saturated heterocycles. The highest BCUT2D eigenvalue weighted by molar-refractivity contribution is 5.99. The van der Waals surface area contributed by atoms with Gasteiger partial charge in [0.1, 0.15) is 0 Å². The van der Waals surface area contributed by atoms with Crippen molar-refractivity contribution in [3.63, 3.8) is 0 Å². The molecule has 2 aliphatic rings. The molecule has 2 heterocycles. The van der Waals surface area contributed by atoms with Crippen molar-refractivity contribution in [3.05, 3.63) is 78.5 Å². The number of fused-ring (bicyclic) bond motifs is 8. The molecule has 0 spiro atoms. The number of benzene rings is 2. The highest BCUT2D eigenvalue weighted by Crippen LogP contribution is 2.67. The lowest BCUT2D eigenvalue weighted by Crippen LogP contribution is -2.52. The third-order valence-corrected chi connectivity index (χ3v) is 6.17. The first-order valence-electron chi connectivity index (χ1n) is 7.84. The Morgan fingerprint density at radius 3 is 2.55 bits per heavy atom. The summed E-state index contributed by atoms with van der Waals surface area (Å²) in [6.07, 6.45) is 2.20. The second-order valence-corrected chi connectivity index (χ2v) is 6.84. The molecule has 3 aromatic rings. The van der Waals surface area contributed by atoms with Crippen LogP contribution in [0.3, 0.4) is 0 Å². The fraction of sp³-hybridized carbons (Fsp3) is 0.190. The molecule has 22 heavy (non-hydrogen) atoms. The van der Waals surface area contributed by atoms with Crippen LogP contribution < -0.4 is 4.57 Å². The quantitative estimate of drug-likeness (QED) is 0.427. The third kappa shape index (κ3) is 1.06. The summed E-state index contributed by atoms with van der Waals surface area (Å²) >= 11 is 0. The van der Waals surface area contributed by atoms with Gasteiger partial charge in [0.05, 0.1) is 11.0 Å². The van der Waals surface area contributed by atoms with Gasteiger partial charge in [-0.05, 0) is 29.3 Å². The van der Waals surface area contributed by atoms with Crippen LogP contribution in [-0.2, 0) is 11.0 Å². The number of aromatic nitrogens is 1. The molecular formula is C21H18N+. The number of hydrogen-bond acceptors (Lipinski definition) is 0. The van der Waals surface area contributed by atoms with Gasteiger partial charge in [-0.1, -0.05) is 43.0 Å². The Kier molecular flexibility index (Phi) is 1.93. The van der Waals surface area contributed by atoms with E-state index in [9.17, 15) is 0 Å². The lowest BCUT2D eigenvalue weighted by Gasteiger charge is -2.25. The zero-order chi connectivity index (χ0) is 15.1. The summed E-state index contributed by atoms with van der Waals surface area (Å²) < 4.78 is 2.42. The molecule has 0 radical (unpaired) electrons. The maximum absolute atomic E-state index is 4.41. The standard InChI is InChI=1S/C21H18N/c1-14-20(2)17-12-11-15-8-4-5-9-16(15)19(17)18-10-6-7-13-22(18)21(14,20)3/h4-13H,1H2,2-3H3/q+1. The van der Waals surface area contributed by atoms with Gasteiger partial charge in [-0.3, -0.25) is 0 Å². The number of allylic oxidation sites excluding steroid dienone is 1. The highest BCUT2D eigenvalue weighted by Gasteiger charge is 2.77. The molecule has 5 rings (SSSR count). The van der Waals surface area contributed by atoms with Crippen LogP contribution in [0.1, 0.15) is 19.4 Å². The fourth-order valence-corrected chi connectivity index (χ4v) is 4.57. The molecule has 1 nitrogen and oxygen atoms in total. The van der Waals surface area contributed by atoms with E-state index < -0.39 is 0 Å². The first kappa shape index (κ1) is 12.2. The summed E-state index contributed by atoms with van der Waals surface area (Å²) in [6, 6.07) is 19.7. The van der Waals surface area contributed by atoms with Gasteiger partial charge in [0, 0.05) is 24.6 Å². The van der Waals surface area contributed by atoms with Crippen LogP contribution in [0.2, 0.25) is 0 Å². The Morgan fingerprint density at radius 2 is 1.68 bits per heavy atom. The van der Waals surface area contributed by atoms with Crippen molar-refractivity contribution in [1.82, 2.24) is 0 Å². The van der Waals surface area contributed by atoms with E-state index in [0.29, 0.717) is 0 Å².